The van der Waals surface area contributed by atoms with E-state index in [0.717, 1.165) is 16.7 Å². The number of aryl methyl sites for hydroxylation is 1. The number of nitrogens with one attached hydrogen (secondary N) is 1. The Bertz CT molecular complexity index is 1580. The van der Waals surface area contributed by atoms with Crippen molar-refractivity contribution in [1.82, 2.24) is 15.1 Å². The number of rotatable bonds is 10. The topological polar surface area (TPSA) is 96.9 Å². The lowest BCUT2D eigenvalue weighted by Crippen LogP contribution is -2.31. The maximum absolute atomic E-state index is 13.8. The van der Waals surface area contributed by atoms with Crippen LogP contribution in [-0.2, 0) is 6.42 Å². The van der Waals surface area contributed by atoms with Gasteiger partial charge in [-0.3, -0.25) is 9.89 Å². The molecule has 2 heterocycles. The van der Waals surface area contributed by atoms with Gasteiger partial charge in [0.2, 0.25) is 0 Å². The second kappa shape index (κ2) is 11.4. The maximum atomic E-state index is 13.8. The van der Waals surface area contributed by atoms with Gasteiger partial charge < -0.3 is 24.2 Å². The van der Waals surface area contributed by atoms with E-state index in [9.17, 15) is 9.90 Å². The van der Waals surface area contributed by atoms with Crippen molar-refractivity contribution in [3.63, 3.8) is 0 Å². The molecule has 206 valence electrons. The molecule has 0 radical (unpaired) electrons. The Morgan fingerprint density at radius 1 is 1.12 bits per heavy atom. The first kappa shape index (κ1) is 27.1. The summed E-state index contributed by atoms with van der Waals surface area (Å²) < 4.78 is 16.6. The Morgan fingerprint density at radius 3 is 2.67 bits per heavy atom. The molecule has 0 saturated carbocycles. The first-order chi connectivity index (χ1) is 19.4. The normalized spacial score (nSPS) is 14.2. The molecule has 9 heteroatoms. The highest BCUT2D eigenvalue weighted by Crippen LogP contribution is 2.46. The van der Waals surface area contributed by atoms with Crippen LogP contribution in [0.25, 0.3) is 11.3 Å². The molecule has 4 aromatic rings. The van der Waals surface area contributed by atoms with E-state index >= 15 is 0 Å². The van der Waals surface area contributed by atoms with E-state index in [1.807, 2.05) is 54.3 Å². The number of fused-ring (bicyclic) bond motifs is 1. The highest BCUT2D eigenvalue weighted by Gasteiger charge is 2.42. The number of phenols is 1. The number of methoxy groups -OCH3 is 2. The summed E-state index contributed by atoms with van der Waals surface area (Å²) in [6, 6.07) is 16.1. The molecule has 0 saturated heterocycles. The number of carbonyl (C=O) groups is 1. The third-order valence-corrected chi connectivity index (χ3v) is 7.43. The van der Waals surface area contributed by atoms with Crippen molar-refractivity contribution in [3.8, 4) is 34.3 Å². The van der Waals surface area contributed by atoms with Crippen molar-refractivity contribution >= 4 is 17.5 Å². The predicted molar refractivity (Wildman–Crippen MR) is 154 cm³/mol. The zero-order chi connectivity index (χ0) is 28.4. The SMILES string of the molecule is C=CCOc1cccc(C2c3c(-c4cc(Cl)c(C)cc4O)n[nH]c3C(=O)N2CCc2ccc(OC)c(OC)c2)c1. The van der Waals surface area contributed by atoms with Gasteiger partial charge in [-0.25, -0.2) is 0 Å². The van der Waals surface area contributed by atoms with E-state index in [4.69, 9.17) is 25.8 Å². The van der Waals surface area contributed by atoms with Crippen LogP contribution in [0.2, 0.25) is 5.02 Å². The number of phenolic OH excluding ortho intramolecular Hbond substituents is 1. The van der Waals surface area contributed by atoms with Crippen LogP contribution >= 0.6 is 11.6 Å². The van der Waals surface area contributed by atoms with Crippen molar-refractivity contribution in [2.24, 2.45) is 0 Å². The molecule has 1 unspecified atom stereocenters. The van der Waals surface area contributed by atoms with Gasteiger partial charge in [-0.2, -0.15) is 5.10 Å². The third-order valence-electron chi connectivity index (χ3n) is 7.03. The summed E-state index contributed by atoms with van der Waals surface area (Å²) >= 11 is 6.43. The van der Waals surface area contributed by atoms with Crippen LogP contribution in [-0.4, -0.2) is 53.5 Å². The fraction of sp³-hybridized carbons (Fsp3) is 0.226. The number of amides is 1. The molecule has 5 rings (SSSR count). The third kappa shape index (κ3) is 4.98. The summed E-state index contributed by atoms with van der Waals surface area (Å²) in [6.45, 7) is 6.31. The van der Waals surface area contributed by atoms with Crippen LogP contribution in [0.15, 0.2) is 67.3 Å². The smallest absolute Gasteiger partial charge is 0.273 e. The minimum absolute atomic E-state index is 0.0363. The van der Waals surface area contributed by atoms with Gasteiger partial charge >= 0.3 is 0 Å². The number of ether oxygens (including phenoxy) is 3. The summed E-state index contributed by atoms with van der Waals surface area (Å²) in [4.78, 5) is 15.6. The zero-order valence-electron chi connectivity index (χ0n) is 22.5. The standard InChI is InChI=1S/C31H30ClN3O5/c1-5-13-40-21-8-6-7-20(16-21)30-27-28(22-17-23(32)18(2)14-24(22)36)33-34-29(27)31(37)35(30)12-11-19-9-10-25(38-3)26(15-19)39-4/h5-10,14-17,30,36H,1,11-13H2,2-4H3,(H,33,34). The fourth-order valence-electron chi connectivity index (χ4n) is 5.05. The highest BCUT2D eigenvalue weighted by molar-refractivity contribution is 6.31. The van der Waals surface area contributed by atoms with Crippen LogP contribution in [0.4, 0.5) is 0 Å². The number of hydrogen-bond donors (Lipinski definition) is 2. The molecule has 2 N–H and O–H groups in total. The lowest BCUT2D eigenvalue weighted by Gasteiger charge is -2.27. The second-order valence-corrected chi connectivity index (χ2v) is 9.90. The van der Waals surface area contributed by atoms with Gasteiger partial charge in [-0.1, -0.05) is 42.5 Å². The minimum Gasteiger partial charge on any atom is -0.507 e. The van der Waals surface area contributed by atoms with E-state index in [2.05, 4.69) is 16.8 Å². The van der Waals surface area contributed by atoms with Gasteiger partial charge in [-0.15, -0.1) is 0 Å². The summed E-state index contributed by atoms with van der Waals surface area (Å²) in [5, 5.41) is 18.7. The van der Waals surface area contributed by atoms with Crippen LogP contribution in [0, 0.1) is 6.92 Å². The first-order valence-corrected chi connectivity index (χ1v) is 13.2. The number of nitrogens with zero attached hydrogens (tertiary/aromatic N) is 2. The molecular formula is C31H30ClN3O5. The van der Waals surface area contributed by atoms with E-state index in [1.54, 1.807) is 32.4 Å². The number of aromatic nitrogens is 2. The van der Waals surface area contributed by atoms with Crippen LogP contribution in [0.1, 0.15) is 38.8 Å². The van der Waals surface area contributed by atoms with Crippen molar-refractivity contribution in [1.29, 1.82) is 0 Å². The average Bonchev–Trinajstić information content (AvgIpc) is 3.51. The van der Waals surface area contributed by atoms with E-state index in [0.29, 0.717) is 64.4 Å². The zero-order valence-corrected chi connectivity index (χ0v) is 23.3. The number of hydrogen-bond acceptors (Lipinski definition) is 6. The molecular weight excluding hydrogens is 530 g/mol. The largest absolute Gasteiger partial charge is 0.507 e. The Labute approximate surface area is 237 Å². The molecule has 3 aromatic carbocycles. The highest BCUT2D eigenvalue weighted by atomic mass is 35.5. The number of aromatic hydroxyl groups is 1. The van der Waals surface area contributed by atoms with Crippen LogP contribution in [0.3, 0.4) is 0 Å². The molecule has 8 nitrogen and oxygen atoms in total. The summed E-state index contributed by atoms with van der Waals surface area (Å²) in [5.41, 5.74) is 4.55. The quantitative estimate of drug-likeness (QED) is 0.227. The molecule has 0 fully saturated rings. The lowest BCUT2D eigenvalue weighted by atomic mass is 9.95. The molecule has 1 aromatic heterocycles. The number of aromatic amines is 1. The Hall–Kier alpha value is -4.43. The average molecular weight is 560 g/mol. The number of halogens is 1. The molecule has 1 aliphatic rings. The molecule has 0 aliphatic carbocycles. The van der Waals surface area contributed by atoms with Crippen LogP contribution in [0.5, 0.6) is 23.0 Å². The van der Waals surface area contributed by atoms with Gasteiger partial charge in [0, 0.05) is 22.7 Å². The molecule has 0 bridgehead atoms. The first-order valence-electron chi connectivity index (χ1n) is 12.8. The summed E-state index contributed by atoms with van der Waals surface area (Å²) in [7, 11) is 3.19. The molecule has 1 atom stereocenters. The number of carbonyl (C=O) groups excluding carboxylic acids is 1. The monoisotopic (exact) mass is 559 g/mol. The number of benzene rings is 3. The second-order valence-electron chi connectivity index (χ2n) is 9.49. The van der Waals surface area contributed by atoms with Gasteiger partial charge in [0.1, 0.15) is 29.5 Å². The van der Waals surface area contributed by atoms with E-state index < -0.39 is 6.04 Å². The van der Waals surface area contributed by atoms with Crippen molar-refractivity contribution in [2.45, 2.75) is 19.4 Å². The summed E-state index contributed by atoms with van der Waals surface area (Å²) in [6.07, 6.45) is 2.25. The van der Waals surface area contributed by atoms with E-state index in [-0.39, 0.29) is 11.7 Å². The molecule has 1 amide bonds. The molecule has 0 spiro atoms. The van der Waals surface area contributed by atoms with Gasteiger partial charge in [0.05, 0.1) is 20.3 Å². The molecule has 1 aliphatic heterocycles. The minimum atomic E-state index is -0.483. The van der Waals surface area contributed by atoms with E-state index in [1.165, 1.54) is 0 Å². The maximum Gasteiger partial charge on any atom is 0.273 e. The fourth-order valence-corrected chi connectivity index (χ4v) is 5.21. The number of H-pyrrole nitrogens is 1. The Balaban J connectivity index is 1.57. The summed E-state index contributed by atoms with van der Waals surface area (Å²) in [5.74, 6) is 1.77. The van der Waals surface area contributed by atoms with Crippen molar-refractivity contribution in [3.05, 3.63) is 100 Å². The van der Waals surface area contributed by atoms with Crippen LogP contribution < -0.4 is 14.2 Å². The van der Waals surface area contributed by atoms with Gasteiger partial charge in [0.15, 0.2) is 11.5 Å². The lowest BCUT2D eigenvalue weighted by molar-refractivity contribution is 0.0745. The molecule has 40 heavy (non-hydrogen) atoms. The van der Waals surface area contributed by atoms with Gasteiger partial charge in [0.25, 0.3) is 5.91 Å². The Morgan fingerprint density at radius 2 is 1.93 bits per heavy atom. The Kier molecular flexibility index (Phi) is 7.71. The van der Waals surface area contributed by atoms with Crippen molar-refractivity contribution < 1.29 is 24.1 Å². The van der Waals surface area contributed by atoms with Gasteiger partial charge in [-0.05, 0) is 66.4 Å². The predicted octanol–water partition coefficient (Wildman–Crippen LogP) is 6.11. The van der Waals surface area contributed by atoms with Crippen molar-refractivity contribution in [2.75, 3.05) is 27.4 Å².